The Labute approximate surface area is 141 Å². The van der Waals surface area contributed by atoms with Crippen molar-refractivity contribution in [2.24, 2.45) is 5.73 Å². The molecule has 0 aromatic heterocycles. The maximum Gasteiger partial charge on any atom is 0.409 e. The molecule has 1 aromatic carbocycles. The molecule has 7 heteroatoms. The lowest BCUT2D eigenvalue weighted by Crippen LogP contribution is -2.54. The lowest BCUT2D eigenvalue weighted by molar-refractivity contribution is -0.134. The van der Waals surface area contributed by atoms with Crippen LogP contribution in [0.15, 0.2) is 24.3 Å². The molecular formula is C17H22N4O3. The van der Waals surface area contributed by atoms with Crippen molar-refractivity contribution in [3.05, 3.63) is 35.4 Å². The number of carbonyl (C=O) groups excluding carboxylic acids is 2. The minimum atomic E-state index is -0.659. The standard InChI is InChI=1S/C17H22N4O3/c1-2-24-17(23)21-8-6-20(7-9-21)16(22)15(19)11-13-4-3-5-14(10-13)12-18/h3-5,10,15H,2,6-9,11,19H2,1H3/t15-/m1/s1. The molecular weight excluding hydrogens is 308 g/mol. The molecule has 0 unspecified atom stereocenters. The quantitative estimate of drug-likeness (QED) is 0.877. The van der Waals surface area contributed by atoms with Gasteiger partial charge in [0.15, 0.2) is 0 Å². The Morgan fingerprint density at radius 2 is 1.96 bits per heavy atom. The molecule has 2 rings (SSSR count). The second kappa shape index (κ2) is 8.31. The van der Waals surface area contributed by atoms with E-state index in [0.29, 0.717) is 44.8 Å². The Morgan fingerprint density at radius 3 is 2.58 bits per heavy atom. The summed E-state index contributed by atoms with van der Waals surface area (Å²) in [5.74, 6) is -0.138. The molecule has 1 atom stereocenters. The van der Waals surface area contributed by atoms with Gasteiger partial charge in [-0.25, -0.2) is 4.79 Å². The Balaban J connectivity index is 1.88. The van der Waals surface area contributed by atoms with E-state index in [1.165, 1.54) is 0 Å². The lowest BCUT2D eigenvalue weighted by Gasteiger charge is -2.35. The first-order chi connectivity index (χ1) is 11.5. The van der Waals surface area contributed by atoms with E-state index in [1.807, 2.05) is 6.07 Å². The van der Waals surface area contributed by atoms with Crippen molar-refractivity contribution in [2.75, 3.05) is 32.8 Å². The summed E-state index contributed by atoms with van der Waals surface area (Å²) in [6, 6.07) is 8.50. The predicted molar refractivity (Wildman–Crippen MR) is 88.0 cm³/mol. The molecule has 0 spiro atoms. The summed E-state index contributed by atoms with van der Waals surface area (Å²) in [5, 5.41) is 8.92. The van der Waals surface area contributed by atoms with Gasteiger partial charge in [-0.2, -0.15) is 5.26 Å². The molecule has 1 aromatic rings. The number of piperazine rings is 1. The number of benzene rings is 1. The van der Waals surface area contributed by atoms with Crippen LogP contribution in [0.5, 0.6) is 0 Å². The fourth-order valence-corrected chi connectivity index (χ4v) is 2.67. The van der Waals surface area contributed by atoms with Crippen LogP contribution in [0.1, 0.15) is 18.1 Å². The number of amides is 2. The summed E-state index contributed by atoms with van der Waals surface area (Å²) in [7, 11) is 0. The van der Waals surface area contributed by atoms with Crippen LogP contribution in [-0.4, -0.2) is 60.6 Å². The van der Waals surface area contributed by atoms with E-state index in [-0.39, 0.29) is 12.0 Å². The normalized spacial score (nSPS) is 15.5. The number of rotatable bonds is 4. The van der Waals surface area contributed by atoms with E-state index in [2.05, 4.69) is 6.07 Å². The van der Waals surface area contributed by atoms with Crippen molar-refractivity contribution in [2.45, 2.75) is 19.4 Å². The summed E-state index contributed by atoms with van der Waals surface area (Å²) in [6.07, 6.45) is 0.0362. The summed E-state index contributed by atoms with van der Waals surface area (Å²) >= 11 is 0. The minimum Gasteiger partial charge on any atom is -0.450 e. The SMILES string of the molecule is CCOC(=O)N1CCN(C(=O)[C@H](N)Cc2cccc(C#N)c2)CC1. The maximum absolute atomic E-state index is 12.5. The maximum atomic E-state index is 12.5. The molecule has 0 aliphatic carbocycles. The van der Waals surface area contributed by atoms with E-state index < -0.39 is 6.04 Å². The summed E-state index contributed by atoms with van der Waals surface area (Å²) in [5.41, 5.74) is 7.45. The van der Waals surface area contributed by atoms with Gasteiger partial charge in [0.2, 0.25) is 5.91 Å². The Hall–Kier alpha value is -2.59. The van der Waals surface area contributed by atoms with Crippen molar-refractivity contribution >= 4 is 12.0 Å². The number of nitrogens with zero attached hydrogens (tertiary/aromatic N) is 3. The van der Waals surface area contributed by atoms with Crippen LogP contribution in [0.2, 0.25) is 0 Å². The third-order valence-electron chi connectivity index (χ3n) is 3.95. The average Bonchev–Trinajstić information content (AvgIpc) is 2.61. The van der Waals surface area contributed by atoms with Gasteiger partial charge in [-0.1, -0.05) is 12.1 Å². The van der Waals surface area contributed by atoms with Crippen molar-refractivity contribution in [1.82, 2.24) is 9.80 Å². The topological polar surface area (TPSA) is 99.7 Å². The molecule has 2 amide bonds. The molecule has 0 radical (unpaired) electrons. The summed E-state index contributed by atoms with van der Waals surface area (Å²) < 4.78 is 4.96. The van der Waals surface area contributed by atoms with Crippen molar-refractivity contribution < 1.29 is 14.3 Å². The first-order valence-corrected chi connectivity index (χ1v) is 8.00. The van der Waals surface area contributed by atoms with Crippen molar-refractivity contribution in [1.29, 1.82) is 5.26 Å². The smallest absolute Gasteiger partial charge is 0.409 e. The van der Waals surface area contributed by atoms with Gasteiger partial charge in [0, 0.05) is 26.2 Å². The fourth-order valence-electron chi connectivity index (χ4n) is 2.67. The molecule has 1 fully saturated rings. The number of ether oxygens (including phenoxy) is 1. The highest BCUT2D eigenvalue weighted by molar-refractivity contribution is 5.82. The van der Waals surface area contributed by atoms with Crippen LogP contribution >= 0.6 is 0 Å². The zero-order chi connectivity index (χ0) is 17.5. The minimum absolute atomic E-state index is 0.138. The van der Waals surface area contributed by atoms with E-state index >= 15 is 0 Å². The molecule has 1 aliphatic rings. The second-order valence-corrected chi connectivity index (χ2v) is 5.63. The lowest BCUT2D eigenvalue weighted by atomic mass is 10.0. The Kier molecular flexibility index (Phi) is 6.15. The summed E-state index contributed by atoms with van der Waals surface area (Å²) in [4.78, 5) is 27.4. The van der Waals surface area contributed by atoms with Crippen LogP contribution in [0, 0.1) is 11.3 Å². The monoisotopic (exact) mass is 330 g/mol. The molecule has 1 saturated heterocycles. The molecule has 0 bridgehead atoms. The zero-order valence-corrected chi connectivity index (χ0v) is 13.8. The molecule has 2 N–H and O–H groups in total. The third-order valence-corrected chi connectivity index (χ3v) is 3.95. The predicted octanol–water partition coefficient (Wildman–Crippen LogP) is 0.729. The van der Waals surface area contributed by atoms with Gasteiger partial charge in [-0.05, 0) is 31.0 Å². The van der Waals surface area contributed by atoms with Gasteiger partial charge in [0.25, 0.3) is 0 Å². The molecule has 7 nitrogen and oxygen atoms in total. The number of hydrogen-bond acceptors (Lipinski definition) is 5. The molecule has 128 valence electrons. The average molecular weight is 330 g/mol. The van der Waals surface area contributed by atoms with Crippen LogP contribution in [-0.2, 0) is 16.0 Å². The third kappa shape index (κ3) is 4.46. The van der Waals surface area contributed by atoms with Gasteiger partial charge in [-0.15, -0.1) is 0 Å². The van der Waals surface area contributed by atoms with Gasteiger partial charge < -0.3 is 20.3 Å². The number of hydrogen-bond donors (Lipinski definition) is 1. The van der Waals surface area contributed by atoms with E-state index in [4.69, 9.17) is 15.7 Å². The van der Waals surface area contributed by atoms with Gasteiger partial charge >= 0.3 is 6.09 Å². The summed E-state index contributed by atoms with van der Waals surface area (Å²) in [6.45, 7) is 3.89. The van der Waals surface area contributed by atoms with Crippen LogP contribution in [0.25, 0.3) is 0 Å². The second-order valence-electron chi connectivity index (χ2n) is 5.63. The number of carbonyl (C=O) groups is 2. The number of nitriles is 1. The van der Waals surface area contributed by atoms with Crippen molar-refractivity contribution in [3.8, 4) is 6.07 Å². The van der Waals surface area contributed by atoms with Crippen LogP contribution < -0.4 is 5.73 Å². The largest absolute Gasteiger partial charge is 0.450 e. The molecule has 24 heavy (non-hydrogen) atoms. The van der Waals surface area contributed by atoms with Crippen LogP contribution in [0.3, 0.4) is 0 Å². The van der Waals surface area contributed by atoms with E-state index in [0.717, 1.165) is 5.56 Å². The van der Waals surface area contributed by atoms with Gasteiger partial charge in [0.05, 0.1) is 24.3 Å². The highest BCUT2D eigenvalue weighted by Crippen LogP contribution is 2.10. The zero-order valence-electron chi connectivity index (χ0n) is 13.8. The first kappa shape index (κ1) is 17.8. The highest BCUT2D eigenvalue weighted by Gasteiger charge is 2.27. The number of nitrogens with two attached hydrogens (primary N) is 1. The van der Waals surface area contributed by atoms with Crippen LogP contribution in [0.4, 0.5) is 4.79 Å². The van der Waals surface area contributed by atoms with Gasteiger partial charge in [0.1, 0.15) is 0 Å². The van der Waals surface area contributed by atoms with Crippen molar-refractivity contribution in [3.63, 3.8) is 0 Å². The molecule has 1 aliphatic heterocycles. The van der Waals surface area contributed by atoms with E-state index in [1.54, 1.807) is 34.9 Å². The van der Waals surface area contributed by atoms with Gasteiger partial charge in [-0.3, -0.25) is 4.79 Å². The Bertz CT molecular complexity index is 633. The van der Waals surface area contributed by atoms with E-state index in [9.17, 15) is 9.59 Å². The fraction of sp³-hybridized carbons (Fsp3) is 0.471. The first-order valence-electron chi connectivity index (χ1n) is 8.00. The Morgan fingerprint density at radius 1 is 1.29 bits per heavy atom. The molecule has 1 heterocycles. The molecule has 0 saturated carbocycles. The highest BCUT2D eigenvalue weighted by atomic mass is 16.6.